The van der Waals surface area contributed by atoms with Crippen LogP contribution in [0.2, 0.25) is 0 Å². The molecule has 3 unspecified atom stereocenters. The predicted octanol–water partition coefficient (Wildman–Crippen LogP) is 26.0. The van der Waals surface area contributed by atoms with Gasteiger partial charge in [0.2, 0.25) is 0 Å². The second-order valence-corrected chi connectivity index (χ2v) is 33.7. The molecule has 0 rings (SSSR count). The van der Waals surface area contributed by atoms with Crippen molar-refractivity contribution in [3.05, 3.63) is 0 Å². The van der Waals surface area contributed by atoms with Gasteiger partial charge in [-0.25, -0.2) is 9.13 Å². The Hall–Kier alpha value is -1.94. The fourth-order valence-electron chi connectivity index (χ4n) is 13.3. The van der Waals surface area contributed by atoms with Gasteiger partial charge in [-0.15, -0.1) is 0 Å². The fourth-order valence-corrected chi connectivity index (χ4v) is 14.8. The van der Waals surface area contributed by atoms with Crippen molar-refractivity contribution < 1.29 is 80.2 Å². The molecule has 0 aliphatic carbocycles. The minimum Gasteiger partial charge on any atom is -0.462 e. The highest BCUT2D eigenvalue weighted by Gasteiger charge is 2.30. The van der Waals surface area contributed by atoms with Crippen molar-refractivity contribution in [3.63, 3.8) is 0 Å². The van der Waals surface area contributed by atoms with Gasteiger partial charge < -0.3 is 33.8 Å². The molecule has 17 nitrogen and oxygen atoms in total. The van der Waals surface area contributed by atoms with Gasteiger partial charge in [0.25, 0.3) is 0 Å². The minimum atomic E-state index is -4.96. The first-order valence-electron chi connectivity index (χ1n) is 44.2. The third-order valence-electron chi connectivity index (χ3n) is 20.4. The largest absolute Gasteiger partial charge is 0.472 e. The van der Waals surface area contributed by atoms with E-state index in [1.54, 1.807) is 0 Å². The van der Waals surface area contributed by atoms with Crippen molar-refractivity contribution >= 4 is 39.5 Å². The number of rotatable bonds is 85. The van der Waals surface area contributed by atoms with E-state index in [0.717, 1.165) is 95.8 Å². The first-order chi connectivity index (χ1) is 50.6. The molecule has 0 radical (unpaired) electrons. The van der Waals surface area contributed by atoms with Gasteiger partial charge >= 0.3 is 39.5 Å². The van der Waals surface area contributed by atoms with Gasteiger partial charge in [0, 0.05) is 25.7 Å². The quantitative estimate of drug-likeness (QED) is 0.0222. The summed E-state index contributed by atoms with van der Waals surface area (Å²) < 4.78 is 68.8. The molecule has 0 bridgehead atoms. The van der Waals surface area contributed by atoms with Crippen LogP contribution in [0.15, 0.2) is 0 Å². The summed E-state index contributed by atoms with van der Waals surface area (Å²) in [6.45, 7) is 7.40. The number of ether oxygens (including phenoxy) is 4. The van der Waals surface area contributed by atoms with E-state index in [2.05, 4.69) is 34.6 Å². The van der Waals surface area contributed by atoms with E-state index in [1.807, 2.05) is 0 Å². The molecule has 19 heteroatoms. The van der Waals surface area contributed by atoms with Crippen LogP contribution in [0.25, 0.3) is 0 Å². The van der Waals surface area contributed by atoms with E-state index in [0.29, 0.717) is 25.7 Å². The van der Waals surface area contributed by atoms with Crippen LogP contribution in [-0.4, -0.2) is 96.7 Å². The Morgan fingerprint density at radius 2 is 0.462 bits per heavy atom. The number of unbranched alkanes of at least 4 members (excludes halogenated alkanes) is 56. The number of carbonyl (C=O) groups is 4. The van der Waals surface area contributed by atoms with Crippen molar-refractivity contribution in [2.24, 2.45) is 5.92 Å². The Bertz CT molecular complexity index is 1980. The second-order valence-electron chi connectivity index (χ2n) is 30.8. The number of aliphatic hydroxyl groups is 1. The summed E-state index contributed by atoms with van der Waals surface area (Å²) in [6, 6.07) is 0. The smallest absolute Gasteiger partial charge is 0.462 e. The van der Waals surface area contributed by atoms with Crippen LogP contribution in [0.4, 0.5) is 0 Å². The highest BCUT2D eigenvalue weighted by molar-refractivity contribution is 7.47. The molecule has 618 valence electrons. The van der Waals surface area contributed by atoms with E-state index in [1.165, 1.54) is 283 Å². The van der Waals surface area contributed by atoms with Gasteiger partial charge in [-0.1, -0.05) is 407 Å². The number of aliphatic hydroxyl groups excluding tert-OH is 1. The maximum absolute atomic E-state index is 13.1. The van der Waals surface area contributed by atoms with Crippen LogP contribution in [0.1, 0.15) is 458 Å². The SMILES string of the molecule is CCCCCCCCCCCCCCCCCCCCCCCC(=O)OC[C@H](COP(=O)(O)OC[C@@H](O)COP(=O)(O)OC[C@@H](COC(=O)CCCCCCCCCCCC)OC(=O)CCCCCCCCCCCCC)OC(=O)CCCCCCCCCCCCCCCCCCCCC(C)CC. The molecule has 104 heavy (non-hydrogen) atoms. The molecule has 0 spiro atoms. The van der Waals surface area contributed by atoms with Gasteiger partial charge in [-0.2, -0.15) is 0 Å². The van der Waals surface area contributed by atoms with Crippen LogP contribution < -0.4 is 0 Å². The Morgan fingerprint density at radius 3 is 0.683 bits per heavy atom. The summed E-state index contributed by atoms with van der Waals surface area (Å²) in [5, 5.41) is 10.7. The summed E-state index contributed by atoms with van der Waals surface area (Å²) in [7, 11) is -9.92. The summed E-state index contributed by atoms with van der Waals surface area (Å²) in [6.07, 6.45) is 70.9. The molecule has 0 aliphatic rings. The molecule has 0 saturated carbocycles. The number of phosphoric ester groups is 2. The first-order valence-corrected chi connectivity index (χ1v) is 47.2. The van der Waals surface area contributed by atoms with E-state index in [9.17, 15) is 43.2 Å². The maximum Gasteiger partial charge on any atom is 0.472 e. The van der Waals surface area contributed by atoms with Gasteiger partial charge in [0.1, 0.15) is 19.3 Å². The highest BCUT2D eigenvalue weighted by Crippen LogP contribution is 2.45. The Labute approximate surface area is 638 Å². The Morgan fingerprint density at radius 1 is 0.269 bits per heavy atom. The van der Waals surface area contributed by atoms with Crippen molar-refractivity contribution in [1.82, 2.24) is 0 Å². The monoisotopic (exact) mass is 1520 g/mol. The second kappa shape index (κ2) is 77.8. The number of phosphoric acid groups is 2. The zero-order chi connectivity index (χ0) is 76.2. The number of carbonyl (C=O) groups excluding carboxylic acids is 4. The van der Waals surface area contributed by atoms with Gasteiger partial charge in [-0.05, 0) is 31.6 Å². The molecule has 0 aromatic rings. The summed E-state index contributed by atoms with van der Waals surface area (Å²) >= 11 is 0. The molecule has 0 fully saturated rings. The maximum atomic E-state index is 13.1. The molecule has 6 atom stereocenters. The van der Waals surface area contributed by atoms with Crippen molar-refractivity contribution in [3.8, 4) is 0 Å². The lowest BCUT2D eigenvalue weighted by Gasteiger charge is -2.21. The lowest BCUT2D eigenvalue weighted by Crippen LogP contribution is -2.30. The van der Waals surface area contributed by atoms with E-state index < -0.39 is 97.5 Å². The lowest BCUT2D eigenvalue weighted by atomic mass is 9.99. The standard InChI is InChI=1S/C85H166O17P2/c1-6-10-13-16-19-22-25-26-27-28-29-30-31-35-38-41-45-49-54-59-64-69-83(88)96-75-81(102-85(90)71-66-61-56-51-46-42-39-36-33-32-34-37-40-44-47-52-57-62-67-78(5)9-4)77-100-104(93,94)98-73-79(86)72-97-103(91,92)99-76-80(74-95-82(87)68-63-58-53-48-24-21-18-15-12-8-3)101-84(89)70-65-60-55-50-43-23-20-17-14-11-7-2/h78-81,86H,6-77H2,1-5H3,(H,91,92)(H,93,94)/t78?,79-,80+,81+/m0/s1. The highest BCUT2D eigenvalue weighted by atomic mass is 31.2. The topological polar surface area (TPSA) is 237 Å². The van der Waals surface area contributed by atoms with E-state index in [-0.39, 0.29) is 25.7 Å². The minimum absolute atomic E-state index is 0.108. The van der Waals surface area contributed by atoms with E-state index in [4.69, 9.17) is 37.0 Å². The van der Waals surface area contributed by atoms with Crippen molar-refractivity contribution in [1.29, 1.82) is 0 Å². The first kappa shape index (κ1) is 102. The average Bonchev–Trinajstić information content (AvgIpc) is 0.905. The van der Waals surface area contributed by atoms with Gasteiger partial charge in [0.15, 0.2) is 12.2 Å². The molecule has 0 aromatic heterocycles. The summed E-state index contributed by atoms with van der Waals surface area (Å²) in [4.78, 5) is 73.1. The summed E-state index contributed by atoms with van der Waals surface area (Å²) in [5.74, 6) is -1.23. The van der Waals surface area contributed by atoms with Crippen LogP contribution in [0.3, 0.4) is 0 Å². The fraction of sp³-hybridized carbons (Fsp3) is 0.953. The molecular formula is C85H166O17P2. The lowest BCUT2D eigenvalue weighted by molar-refractivity contribution is -0.161. The molecule has 0 amide bonds. The molecular weight excluding hydrogens is 1350 g/mol. The number of hydrogen-bond donors (Lipinski definition) is 3. The van der Waals surface area contributed by atoms with E-state index >= 15 is 0 Å². The molecule has 0 aliphatic heterocycles. The Balaban J connectivity index is 5.18. The molecule has 0 heterocycles. The third kappa shape index (κ3) is 76.8. The molecule has 0 saturated heterocycles. The molecule has 3 N–H and O–H groups in total. The third-order valence-corrected chi connectivity index (χ3v) is 22.3. The normalized spacial score (nSPS) is 14.0. The number of esters is 4. The van der Waals surface area contributed by atoms with Crippen LogP contribution in [0.5, 0.6) is 0 Å². The van der Waals surface area contributed by atoms with Gasteiger partial charge in [0.05, 0.1) is 26.4 Å². The predicted molar refractivity (Wildman–Crippen MR) is 428 cm³/mol. The van der Waals surface area contributed by atoms with Crippen LogP contribution >= 0.6 is 15.6 Å². The van der Waals surface area contributed by atoms with Crippen LogP contribution in [-0.2, 0) is 65.4 Å². The zero-order valence-electron chi connectivity index (χ0n) is 68.2. The van der Waals surface area contributed by atoms with Crippen molar-refractivity contribution in [2.75, 3.05) is 39.6 Å². The van der Waals surface area contributed by atoms with Crippen molar-refractivity contribution in [2.45, 2.75) is 477 Å². The Kier molecular flexibility index (Phi) is 76.3. The van der Waals surface area contributed by atoms with Gasteiger partial charge in [-0.3, -0.25) is 37.3 Å². The number of hydrogen-bond acceptors (Lipinski definition) is 15. The molecule has 0 aromatic carbocycles. The van der Waals surface area contributed by atoms with Crippen LogP contribution in [0, 0.1) is 5.92 Å². The summed E-state index contributed by atoms with van der Waals surface area (Å²) in [5.41, 5.74) is 0. The average molecular weight is 1520 g/mol. The zero-order valence-corrected chi connectivity index (χ0v) is 70.0.